The van der Waals surface area contributed by atoms with E-state index >= 15 is 0 Å². The Labute approximate surface area is 91.7 Å². The highest BCUT2D eigenvalue weighted by atomic mass is 16.6. The van der Waals surface area contributed by atoms with Crippen molar-refractivity contribution in [2.45, 2.75) is 51.6 Å². The zero-order chi connectivity index (χ0) is 11.1. The number of carbonyl (C=O) groups excluding carboxylic acids is 1. The molecule has 0 amide bonds. The van der Waals surface area contributed by atoms with Crippen LogP contribution in [0.4, 0.5) is 0 Å². The molecule has 0 radical (unpaired) electrons. The van der Waals surface area contributed by atoms with E-state index in [-0.39, 0.29) is 11.6 Å². The summed E-state index contributed by atoms with van der Waals surface area (Å²) in [6.45, 7) is 7.62. The van der Waals surface area contributed by atoms with Crippen LogP contribution in [0.5, 0.6) is 0 Å². The topological polar surface area (TPSA) is 26.3 Å². The minimum Gasteiger partial charge on any atom is -0.455 e. The lowest BCUT2D eigenvalue weighted by molar-refractivity contribution is -0.157. The summed E-state index contributed by atoms with van der Waals surface area (Å²) in [4.78, 5) is 11.6. The molecule has 0 bridgehead atoms. The number of rotatable bonds is 3. The zero-order valence-corrected chi connectivity index (χ0v) is 9.71. The second-order valence-electron chi connectivity index (χ2n) is 5.36. The standard InChI is InChI=1S/C13H20O2/c1-9(2)12(14)15-13(11-4-5-11)7-6-10(3)8-13/h10-11H,1,4-8H2,2-3H3. The molecule has 2 rings (SSSR count). The highest BCUT2D eigenvalue weighted by molar-refractivity contribution is 5.87. The molecule has 0 aliphatic heterocycles. The molecule has 2 fully saturated rings. The van der Waals surface area contributed by atoms with E-state index < -0.39 is 0 Å². The Balaban J connectivity index is 2.07. The van der Waals surface area contributed by atoms with Crippen LogP contribution in [0.25, 0.3) is 0 Å². The first-order valence-corrected chi connectivity index (χ1v) is 5.92. The Kier molecular flexibility index (Phi) is 2.61. The maximum absolute atomic E-state index is 11.6. The maximum Gasteiger partial charge on any atom is 0.333 e. The molecule has 2 unspecified atom stereocenters. The first-order valence-electron chi connectivity index (χ1n) is 5.92. The van der Waals surface area contributed by atoms with Crippen LogP contribution < -0.4 is 0 Å². The van der Waals surface area contributed by atoms with Gasteiger partial charge in [-0.2, -0.15) is 0 Å². The van der Waals surface area contributed by atoms with Crippen LogP contribution in [-0.2, 0) is 9.53 Å². The molecule has 0 aromatic rings. The van der Waals surface area contributed by atoms with E-state index in [0.717, 1.165) is 12.8 Å². The summed E-state index contributed by atoms with van der Waals surface area (Å²) in [5, 5.41) is 0. The summed E-state index contributed by atoms with van der Waals surface area (Å²) >= 11 is 0. The normalized spacial score (nSPS) is 35.2. The average molecular weight is 208 g/mol. The third kappa shape index (κ3) is 2.09. The van der Waals surface area contributed by atoms with Crippen LogP contribution in [0.1, 0.15) is 46.0 Å². The van der Waals surface area contributed by atoms with Crippen molar-refractivity contribution in [3.8, 4) is 0 Å². The largest absolute Gasteiger partial charge is 0.455 e. The molecule has 2 nitrogen and oxygen atoms in total. The quantitative estimate of drug-likeness (QED) is 0.526. The van der Waals surface area contributed by atoms with Gasteiger partial charge in [0.2, 0.25) is 0 Å². The molecule has 2 aliphatic rings. The van der Waals surface area contributed by atoms with Gasteiger partial charge in [0.25, 0.3) is 0 Å². The van der Waals surface area contributed by atoms with Gasteiger partial charge in [-0.1, -0.05) is 13.5 Å². The fraction of sp³-hybridized carbons (Fsp3) is 0.769. The summed E-state index contributed by atoms with van der Waals surface area (Å²) in [5.74, 6) is 1.13. The van der Waals surface area contributed by atoms with Gasteiger partial charge in [0, 0.05) is 5.57 Å². The SMILES string of the molecule is C=C(C)C(=O)OC1(C2CC2)CCC(C)C1. The van der Waals surface area contributed by atoms with Gasteiger partial charge in [0.1, 0.15) is 5.60 Å². The van der Waals surface area contributed by atoms with Crippen LogP contribution in [-0.4, -0.2) is 11.6 Å². The Morgan fingerprint density at radius 1 is 1.40 bits per heavy atom. The van der Waals surface area contributed by atoms with E-state index in [4.69, 9.17) is 4.74 Å². The summed E-state index contributed by atoms with van der Waals surface area (Å²) in [6.07, 6.45) is 5.76. The molecular weight excluding hydrogens is 188 g/mol. The molecular formula is C13H20O2. The van der Waals surface area contributed by atoms with Crippen molar-refractivity contribution < 1.29 is 9.53 Å². The van der Waals surface area contributed by atoms with E-state index in [0.29, 0.717) is 17.4 Å². The molecule has 0 aromatic heterocycles. The first kappa shape index (κ1) is 10.7. The van der Waals surface area contributed by atoms with Crippen LogP contribution in [0, 0.1) is 11.8 Å². The molecule has 0 saturated heterocycles. The first-order chi connectivity index (χ1) is 7.03. The van der Waals surface area contributed by atoms with Crippen molar-refractivity contribution in [1.82, 2.24) is 0 Å². The van der Waals surface area contributed by atoms with Gasteiger partial charge < -0.3 is 4.74 Å². The van der Waals surface area contributed by atoms with Gasteiger partial charge in [-0.25, -0.2) is 4.79 Å². The molecule has 2 atom stereocenters. The van der Waals surface area contributed by atoms with E-state index in [1.807, 2.05) is 0 Å². The predicted molar refractivity (Wildman–Crippen MR) is 59.4 cm³/mol. The fourth-order valence-corrected chi connectivity index (χ4v) is 2.71. The third-order valence-electron chi connectivity index (χ3n) is 3.72. The minimum absolute atomic E-state index is 0.130. The van der Waals surface area contributed by atoms with E-state index in [9.17, 15) is 4.79 Å². The lowest BCUT2D eigenvalue weighted by atomic mass is 9.94. The Morgan fingerprint density at radius 3 is 2.47 bits per heavy atom. The molecule has 15 heavy (non-hydrogen) atoms. The van der Waals surface area contributed by atoms with Crippen molar-refractivity contribution in [3.63, 3.8) is 0 Å². The molecule has 0 N–H and O–H groups in total. The van der Waals surface area contributed by atoms with Crippen molar-refractivity contribution in [3.05, 3.63) is 12.2 Å². The van der Waals surface area contributed by atoms with Gasteiger partial charge in [-0.15, -0.1) is 0 Å². The van der Waals surface area contributed by atoms with E-state index in [2.05, 4.69) is 13.5 Å². The van der Waals surface area contributed by atoms with Crippen LogP contribution >= 0.6 is 0 Å². The molecule has 0 aromatic carbocycles. The Morgan fingerprint density at radius 2 is 2.07 bits per heavy atom. The lowest BCUT2D eigenvalue weighted by Gasteiger charge is -2.29. The Bertz CT molecular complexity index is 291. The number of hydrogen-bond donors (Lipinski definition) is 0. The summed E-state index contributed by atoms with van der Waals surface area (Å²) < 4.78 is 5.72. The van der Waals surface area contributed by atoms with Crippen molar-refractivity contribution >= 4 is 5.97 Å². The highest BCUT2D eigenvalue weighted by Gasteiger charge is 2.51. The van der Waals surface area contributed by atoms with Crippen molar-refractivity contribution in [2.24, 2.45) is 11.8 Å². The maximum atomic E-state index is 11.6. The number of carbonyl (C=O) groups is 1. The second kappa shape index (κ2) is 3.66. The Hall–Kier alpha value is -0.790. The average Bonchev–Trinajstić information content (AvgIpc) is 2.93. The summed E-state index contributed by atoms with van der Waals surface area (Å²) in [7, 11) is 0. The number of hydrogen-bond acceptors (Lipinski definition) is 2. The predicted octanol–water partition coefficient (Wildman–Crippen LogP) is 3.07. The lowest BCUT2D eigenvalue weighted by Crippen LogP contribution is -2.35. The molecule has 0 spiro atoms. The summed E-state index contributed by atoms with van der Waals surface area (Å²) in [6, 6.07) is 0. The molecule has 2 aliphatic carbocycles. The van der Waals surface area contributed by atoms with Crippen LogP contribution in [0.3, 0.4) is 0 Å². The van der Waals surface area contributed by atoms with Crippen molar-refractivity contribution in [1.29, 1.82) is 0 Å². The highest BCUT2D eigenvalue weighted by Crippen LogP contribution is 2.52. The zero-order valence-electron chi connectivity index (χ0n) is 9.71. The fourth-order valence-electron chi connectivity index (χ4n) is 2.71. The molecule has 0 heterocycles. The van der Waals surface area contributed by atoms with Gasteiger partial charge in [0.15, 0.2) is 0 Å². The number of ether oxygens (including phenoxy) is 1. The van der Waals surface area contributed by atoms with Crippen molar-refractivity contribution in [2.75, 3.05) is 0 Å². The molecule has 2 saturated carbocycles. The van der Waals surface area contributed by atoms with Gasteiger partial charge in [0.05, 0.1) is 0 Å². The molecule has 84 valence electrons. The second-order valence-corrected chi connectivity index (χ2v) is 5.36. The van der Waals surface area contributed by atoms with Crippen LogP contribution in [0.2, 0.25) is 0 Å². The van der Waals surface area contributed by atoms with Gasteiger partial charge in [-0.05, 0) is 50.9 Å². The van der Waals surface area contributed by atoms with Gasteiger partial charge in [-0.3, -0.25) is 0 Å². The van der Waals surface area contributed by atoms with E-state index in [1.54, 1.807) is 6.92 Å². The van der Waals surface area contributed by atoms with E-state index in [1.165, 1.54) is 19.3 Å². The monoisotopic (exact) mass is 208 g/mol. The van der Waals surface area contributed by atoms with Gasteiger partial charge >= 0.3 is 5.97 Å². The number of esters is 1. The third-order valence-corrected chi connectivity index (χ3v) is 3.72. The smallest absolute Gasteiger partial charge is 0.333 e. The summed E-state index contributed by atoms with van der Waals surface area (Å²) in [5.41, 5.74) is 0.393. The molecule has 2 heteroatoms. The minimum atomic E-state index is -0.198. The van der Waals surface area contributed by atoms with Crippen LogP contribution in [0.15, 0.2) is 12.2 Å².